The minimum absolute atomic E-state index is 1.23. The van der Waals surface area contributed by atoms with Crippen LogP contribution in [-0.2, 0) is 0 Å². The Bertz CT molecular complexity index is 3440. The van der Waals surface area contributed by atoms with Gasteiger partial charge in [0.1, 0.15) is 0 Å². The molecule has 0 N–H and O–H groups in total. The largest absolute Gasteiger partial charge is 0.134 e. The standard InChI is InChI=1S/C52H30S2/c1-2-17-35-31(13-1)14-12-25-36(35)48-39-20-5-3-18-37(39)47(38-19-4-6-21-40(38)48)34-16-11-15-32(29-34)33-27-28-46-44(30-33)50-42-23-8-7-22-41(42)49-43-24-9-10-26-45(43)53-51(49)52(50)54-46/h1-30H. The second-order valence-corrected chi connectivity index (χ2v) is 16.4. The molecule has 250 valence electrons. The number of hydrogen-bond acceptors (Lipinski definition) is 2. The Balaban J connectivity index is 1.09. The first-order valence-electron chi connectivity index (χ1n) is 18.5. The van der Waals surface area contributed by atoms with Crippen molar-refractivity contribution in [2.45, 2.75) is 0 Å². The van der Waals surface area contributed by atoms with Crippen LogP contribution in [0.3, 0.4) is 0 Å². The summed E-state index contributed by atoms with van der Waals surface area (Å²) in [7, 11) is 0. The maximum atomic E-state index is 2.44. The summed E-state index contributed by atoms with van der Waals surface area (Å²) in [6.45, 7) is 0. The molecule has 2 heterocycles. The van der Waals surface area contributed by atoms with Gasteiger partial charge in [-0.05, 0) is 101 Å². The number of benzene rings is 10. The van der Waals surface area contributed by atoms with E-state index in [1.165, 1.54) is 117 Å². The van der Waals surface area contributed by atoms with Gasteiger partial charge in [0.15, 0.2) is 0 Å². The number of hydrogen-bond donors (Lipinski definition) is 0. The highest BCUT2D eigenvalue weighted by molar-refractivity contribution is 7.33. The molecule has 54 heavy (non-hydrogen) atoms. The summed E-state index contributed by atoms with van der Waals surface area (Å²) >= 11 is 3.87. The molecule has 0 radical (unpaired) electrons. The molecule has 0 saturated carbocycles. The lowest BCUT2D eigenvalue weighted by molar-refractivity contribution is 1.63. The average Bonchev–Trinajstić information content (AvgIpc) is 3.82. The highest BCUT2D eigenvalue weighted by Crippen LogP contribution is 2.50. The zero-order chi connectivity index (χ0) is 35.3. The first kappa shape index (κ1) is 30.2. The minimum Gasteiger partial charge on any atom is -0.134 e. The molecular weight excluding hydrogens is 689 g/mol. The van der Waals surface area contributed by atoms with Crippen LogP contribution in [0.15, 0.2) is 182 Å². The Morgan fingerprint density at radius 3 is 1.46 bits per heavy atom. The van der Waals surface area contributed by atoms with Gasteiger partial charge >= 0.3 is 0 Å². The molecule has 0 amide bonds. The van der Waals surface area contributed by atoms with Crippen LogP contribution in [0, 0.1) is 0 Å². The molecule has 0 atom stereocenters. The summed E-state index contributed by atoms with van der Waals surface area (Å²) in [5.41, 5.74) is 7.56. The van der Waals surface area contributed by atoms with Crippen LogP contribution >= 0.6 is 22.7 Å². The Morgan fingerprint density at radius 1 is 0.278 bits per heavy atom. The Morgan fingerprint density at radius 2 is 0.759 bits per heavy atom. The summed E-state index contributed by atoms with van der Waals surface area (Å²) in [6.07, 6.45) is 0. The SMILES string of the molecule is c1cc(-c2ccc3sc4c5sc6ccccc6c5c5ccccc5c4c3c2)cc(-c2c3ccccc3c(-c3cccc4ccccc34)c3ccccc23)c1. The van der Waals surface area contributed by atoms with Crippen LogP contribution in [0.2, 0.25) is 0 Å². The third-order valence-electron chi connectivity index (χ3n) is 11.4. The van der Waals surface area contributed by atoms with Gasteiger partial charge < -0.3 is 0 Å². The van der Waals surface area contributed by atoms with Crippen molar-refractivity contribution >= 4 is 106 Å². The van der Waals surface area contributed by atoms with E-state index in [-0.39, 0.29) is 0 Å². The van der Waals surface area contributed by atoms with E-state index in [0.717, 1.165) is 0 Å². The fraction of sp³-hybridized carbons (Fsp3) is 0. The van der Waals surface area contributed by atoms with Gasteiger partial charge in [-0.2, -0.15) is 0 Å². The molecule has 0 nitrogen and oxygen atoms in total. The maximum absolute atomic E-state index is 2.44. The highest BCUT2D eigenvalue weighted by atomic mass is 32.1. The molecule has 0 aliphatic heterocycles. The van der Waals surface area contributed by atoms with E-state index < -0.39 is 0 Å². The molecule has 2 heteroatoms. The zero-order valence-corrected chi connectivity index (χ0v) is 30.8. The predicted molar refractivity (Wildman–Crippen MR) is 239 cm³/mol. The van der Waals surface area contributed by atoms with Gasteiger partial charge in [0.2, 0.25) is 0 Å². The van der Waals surface area contributed by atoms with Crippen LogP contribution in [0.4, 0.5) is 0 Å². The molecule has 12 aromatic rings. The molecule has 0 fully saturated rings. The molecule has 0 bridgehead atoms. The van der Waals surface area contributed by atoms with Crippen LogP contribution < -0.4 is 0 Å². The van der Waals surface area contributed by atoms with Crippen molar-refractivity contribution in [2.24, 2.45) is 0 Å². The van der Waals surface area contributed by atoms with Crippen molar-refractivity contribution in [3.8, 4) is 33.4 Å². The van der Waals surface area contributed by atoms with E-state index in [1.54, 1.807) is 0 Å². The molecule has 10 aromatic carbocycles. The second-order valence-electron chi connectivity index (χ2n) is 14.3. The number of rotatable bonds is 3. The molecule has 2 aromatic heterocycles. The summed E-state index contributed by atoms with van der Waals surface area (Å²) in [5.74, 6) is 0. The molecule has 12 rings (SSSR count). The maximum Gasteiger partial charge on any atom is 0.0540 e. The van der Waals surface area contributed by atoms with E-state index in [1.807, 2.05) is 22.7 Å². The third kappa shape index (κ3) is 4.30. The minimum atomic E-state index is 1.23. The summed E-state index contributed by atoms with van der Waals surface area (Å²) < 4.78 is 5.49. The van der Waals surface area contributed by atoms with Gasteiger partial charge in [0, 0.05) is 30.9 Å². The first-order chi connectivity index (χ1) is 26.8. The molecule has 0 unspecified atom stereocenters. The summed E-state index contributed by atoms with van der Waals surface area (Å²) in [5, 5.41) is 15.8. The molecule has 0 saturated heterocycles. The van der Waals surface area contributed by atoms with Gasteiger partial charge in [0.05, 0.1) is 9.40 Å². The Labute approximate surface area is 319 Å². The van der Waals surface area contributed by atoms with Gasteiger partial charge in [0.25, 0.3) is 0 Å². The molecule has 0 aliphatic carbocycles. The zero-order valence-electron chi connectivity index (χ0n) is 29.1. The van der Waals surface area contributed by atoms with E-state index in [4.69, 9.17) is 0 Å². The molecule has 0 spiro atoms. The molecular formula is C52H30S2. The van der Waals surface area contributed by atoms with Crippen molar-refractivity contribution in [1.82, 2.24) is 0 Å². The monoisotopic (exact) mass is 718 g/mol. The Kier molecular flexibility index (Phi) is 6.48. The smallest absolute Gasteiger partial charge is 0.0540 e. The van der Waals surface area contributed by atoms with E-state index in [9.17, 15) is 0 Å². The van der Waals surface area contributed by atoms with E-state index in [0.29, 0.717) is 0 Å². The normalized spacial score (nSPS) is 12.1. The Hall–Kier alpha value is -6.32. The van der Waals surface area contributed by atoms with Crippen molar-refractivity contribution in [3.63, 3.8) is 0 Å². The van der Waals surface area contributed by atoms with Crippen molar-refractivity contribution in [1.29, 1.82) is 0 Å². The molecule has 0 aliphatic rings. The number of fused-ring (bicyclic) bond motifs is 13. The van der Waals surface area contributed by atoms with E-state index in [2.05, 4.69) is 182 Å². The van der Waals surface area contributed by atoms with Gasteiger partial charge in [-0.15, -0.1) is 22.7 Å². The topological polar surface area (TPSA) is 0 Å². The fourth-order valence-electron chi connectivity index (χ4n) is 9.12. The lowest BCUT2D eigenvalue weighted by atomic mass is 9.84. The lowest BCUT2D eigenvalue weighted by Gasteiger charge is -2.19. The van der Waals surface area contributed by atoms with Crippen LogP contribution in [-0.4, -0.2) is 0 Å². The third-order valence-corrected chi connectivity index (χ3v) is 13.9. The highest BCUT2D eigenvalue weighted by Gasteiger charge is 2.20. The van der Waals surface area contributed by atoms with Gasteiger partial charge in [-0.1, -0.05) is 158 Å². The van der Waals surface area contributed by atoms with E-state index >= 15 is 0 Å². The lowest BCUT2D eigenvalue weighted by Crippen LogP contribution is -1.92. The summed E-state index contributed by atoms with van der Waals surface area (Å²) in [4.78, 5) is 0. The predicted octanol–water partition coefficient (Wildman–Crippen LogP) is 16.0. The quantitative estimate of drug-likeness (QED) is 0.160. The van der Waals surface area contributed by atoms with Crippen molar-refractivity contribution in [3.05, 3.63) is 182 Å². The van der Waals surface area contributed by atoms with Crippen LogP contribution in [0.25, 0.3) is 117 Å². The van der Waals surface area contributed by atoms with Gasteiger partial charge in [-0.3, -0.25) is 0 Å². The second kappa shape index (κ2) is 11.6. The first-order valence-corrected chi connectivity index (χ1v) is 20.1. The van der Waals surface area contributed by atoms with Crippen molar-refractivity contribution in [2.75, 3.05) is 0 Å². The number of thiophene rings is 2. The van der Waals surface area contributed by atoms with Crippen molar-refractivity contribution < 1.29 is 0 Å². The fourth-order valence-corrected chi connectivity index (χ4v) is 11.7. The van der Waals surface area contributed by atoms with Crippen LogP contribution in [0.1, 0.15) is 0 Å². The average molecular weight is 719 g/mol. The van der Waals surface area contributed by atoms with Gasteiger partial charge in [-0.25, -0.2) is 0 Å². The van der Waals surface area contributed by atoms with Crippen LogP contribution in [0.5, 0.6) is 0 Å². The summed E-state index contributed by atoms with van der Waals surface area (Å²) in [6, 6.07) is 67.6.